The van der Waals surface area contributed by atoms with Crippen LogP contribution in [-0.2, 0) is 4.79 Å². The zero-order valence-electron chi connectivity index (χ0n) is 10.5. The fourth-order valence-corrected chi connectivity index (χ4v) is 2.23. The third-order valence-electron chi connectivity index (χ3n) is 3.51. The van der Waals surface area contributed by atoms with Crippen LogP contribution >= 0.6 is 0 Å². The monoisotopic (exact) mass is 305 g/mol. The molecule has 10 heteroatoms. The Balaban J connectivity index is 2.25. The molecule has 0 spiro atoms. The molecule has 1 N–H and O–H groups in total. The van der Waals surface area contributed by atoms with Crippen LogP contribution in [0.2, 0.25) is 0 Å². The highest BCUT2D eigenvalue weighted by Crippen LogP contribution is 2.46. The molecular weight excluding hydrogens is 295 g/mol. The standard InChI is InChI=1S/C11H10F3N3O4/c12-11(13,14)10(9(18)19)3-4-16(6-10)7-1-2-8(15-5-7)17(20)21/h1-2,5H,3-4,6H2,(H,18,19). The largest absolute Gasteiger partial charge is 0.481 e. The minimum atomic E-state index is -4.87. The van der Waals surface area contributed by atoms with E-state index < -0.39 is 41.3 Å². The summed E-state index contributed by atoms with van der Waals surface area (Å²) >= 11 is 0. The molecule has 2 rings (SSSR count). The molecule has 2 heterocycles. The number of halogens is 3. The van der Waals surface area contributed by atoms with Gasteiger partial charge in [0.05, 0.1) is 5.69 Å². The molecule has 1 atom stereocenters. The molecule has 0 amide bonds. The van der Waals surface area contributed by atoms with E-state index in [1.807, 2.05) is 0 Å². The predicted molar refractivity (Wildman–Crippen MR) is 63.8 cm³/mol. The van der Waals surface area contributed by atoms with Crippen molar-refractivity contribution in [2.75, 3.05) is 18.0 Å². The lowest BCUT2D eigenvalue weighted by Crippen LogP contribution is -2.47. The molecule has 7 nitrogen and oxygen atoms in total. The predicted octanol–water partition coefficient (Wildman–Crippen LogP) is 1.83. The molecule has 0 aromatic carbocycles. The molecule has 1 fully saturated rings. The van der Waals surface area contributed by atoms with Gasteiger partial charge in [-0.05, 0) is 22.4 Å². The number of carbonyl (C=O) groups is 1. The normalized spacial score (nSPS) is 22.3. The van der Waals surface area contributed by atoms with E-state index in [0.29, 0.717) is 0 Å². The van der Waals surface area contributed by atoms with E-state index >= 15 is 0 Å². The van der Waals surface area contributed by atoms with Gasteiger partial charge in [0.1, 0.15) is 0 Å². The second kappa shape index (κ2) is 4.86. The fraction of sp³-hybridized carbons (Fsp3) is 0.455. The number of pyridine rings is 1. The van der Waals surface area contributed by atoms with Crippen LogP contribution in [0.25, 0.3) is 0 Å². The van der Waals surface area contributed by atoms with E-state index in [1.54, 1.807) is 0 Å². The number of alkyl halides is 3. The van der Waals surface area contributed by atoms with Crippen LogP contribution in [0.1, 0.15) is 6.42 Å². The molecule has 1 unspecified atom stereocenters. The number of nitro groups is 1. The summed E-state index contributed by atoms with van der Waals surface area (Å²) in [5.74, 6) is -2.36. The van der Waals surface area contributed by atoms with E-state index in [2.05, 4.69) is 4.98 Å². The first-order valence-electron chi connectivity index (χ1n) is 5.83. The van der Waals surface area contributed by atoms with Crippen LogP contribution < -0.4 is 4.90 Å². The van der Waals surface area contributed by atoms with Gasteiger partial charge < -0.3 is 20.1 Å². The molecule has 114 valence electrons. The van der Waals surface area contributed by atoms with Crippen molar-refractivity contribution < 1.29 is 28.0 Å². The van der Waals surface area contributed by atoms with Crippen molar-refractivity contribution in [1.29, 1.82) is 0 Å². The van der Waals surface area contributed by atoms with Crippen molar-refractivity contribution in [2.45, 2.75) is 12.6 Å². The number of carboxylic acid groups (broad SMARTS) is 1. The third-order valence-corrected chi connectivity index (χ3v) is 3.51. The minimum absolute atomic E-state index is 0.120. The van der Waals surface area contributed by atoms with E-state index in [-0.39, 0.29) is 12.2 Å². The Morgan fingerprint density at radius 2 is 2.14 bits per heavy atom. The van der Waals surface area contributed by atoms with Gasteiger partial charge in [-0.2, -0.15) is 13.2 Å². The Bertz CT molecular complexity index is 575. The summed E-state index contributed by atoms with van der Waals surface area (Å²) in [4.78, 5) is 25.5. The second-order valence-corrected chi connectivity index (χ2v) is 4.69. The molecule has 1 saturated heterocycles. The lowest BCUT2D eigenvalue weighted by atomic mass is 9.86. The Kier molecular flexibility index (Phi) is 3.47. The molecule has 0 radical (unpaired) electrons. The van der Waals surface area contributed by atoms with E-state index in [0.717, 1.165) is 12.3 Å². The first-order valence-corrected chi connectivity index (χ1v) is 5.83. The minimum Gasteiger partial charge on any atom is -0.481 e. The molecule has 1 aromatic heterocycles. The number of aromatic nitrogens is 1. The zero-order valence-corrected chi connectivity index (χ0v) is 10.5. The van der Waals surface area contributed by atoms with Crippen molar-refractivity contribution >= 4 is 17.5 Å². The maximum absolute atomic E-state index is 13.0. The maximum atomic E-state index is 13.0. The van der Waals surface area contributed by atoms with Gasteiger partial charge in [0.2, 0.25) is 0 Å². The number of rotatable bonds is 3. The number of anilines is 1. The van der Waals surface area contributed by atoms with Gasteiger partial charge in [-0.1, -0.05) is 0 Å². The molecular formula is C11H10F3N3O4. The lowest BCUT2D eigenvalue weighted by Gasteiger charge is -2.27. The molecule has 0 bridgehead atoms. The average Bonchev–Trinajstić information content (AvgIpc) is 2.84. The highest BCUT2D eigenvalue weighted by Gasteiger charge is 2.63. The zero-order chi connectivity index (χ0) is 15.8. The van der Waals surface area contributed by atoms with E-state index in [4.69, 9.17) is 5.11 Å². The van der Waals surface area contributed by atoms with Gasteiger partial charge >= 0.3 is 18.0 Å². The Morgan fingerprint density at radius 3 is 2.52 bits per heavy atom. The summed E-state index contributed by atoms with van der Waals surface area (Å²) in [6, 6.07) is 2.31. The van der Waals surface area contributed by atoms with Crippen LogP contribution in [-0.4, -0.2) is 40.2 Å². The Labute approximate surface area is 116 Å². The summed E-state index contributed by atoms with van der Waals surface area (Å²) in [6.07, 6.45) is -4.39. The van der Waals surface area contributed by atoms with Crippen molar-refractivity contribution in [1.82, 2.24) is 4.98 Å². The van der Waals surface area contributed by atoms with Crippen molar-refractivity contribution in [3.05, 3.63) is 28.4 Å². The first kappa shape index (κ1) is 15.0. The highest BCUT2D eigenvalue weighted by molar-refractivity contribution is 5.78. The first-order chi connectivity index (χ1) is 9.67. The summed E-state index contributed by atoms with van der Waals surface area (Å²) < 4.78 is 39.0. The molecule has 1 aliphatic heterocycles. The van der Waals surface area contributed by atoms with Crippen molar-refractivity contribution in [3.63, 3.8) is 0 Å². The van der Waals surface area contributed by atoms with Gasteiger partial charge in [0.15, 0.2) is 11.6 Å². The molecule has 1 aromatic rings. The quantitative estimate of drug-likeness (QED) is 0.676. The summed E-state index contributed by atoms with van der Waals surface area (Å²) in [7, 11) is 0. The van der Waals surface area contributed by atoms with E-state index in [1.165, 1.54) is 11.0 Å². The second-order valence-electron chi connectivity index (χ2n) is 4.69. The van der Waals surface area contributed by atoms with Gasteiger partial charge in [-0.3, -0.25) is 4.79 Å². The average molecular weight is 305 g/mol. The SMILES string of the molecule is O=C(O)C1(C(F)(F)F)CCN(c2ccc([N+](=O)[O-])nc2)C1. The molecule has 1 aliphatic rings. The van der Waals surface area contributed by atoms with Crippen LogP contribution in [0.4, 0.5) is 24.7 Å². The summed E-state index contributed by atoms with van der Waals surface area (Å²) in [5.41, 5.74) is -2.61. The smallest absolute Gasteiger partial charge is 0.406 e. The number of hydrogen-bond acceptors (Lipinski definition) is 5. The fourth-order valence-electron chi connectivity index (χ4n) is 2.23. The highest BCUT2D eigenvalue weighted by atomic mass is 19.4. The lowest BCUT2D eigenvalue weighted by molar-refractivity contribution is -0.389. The maximum Gasteiger partial charge on any atom is 0.406 e. The number of carboxylic acids is 1. The van der Waals surface area contributed by atoms with Crippen LogP contribution in [0.3, 0.4) is 0 Å². The van der Waals surface area contributed by atoms with Crippen molar-refractivity contribution in [3.8, 4) is 0 Å². The van der Waals surface area contributed by atoms with Crippen LogP contribution in [0, 0.1) is 15.5 Å². The Morgan fingerprint density at radius 1 is 1.48 bits per heavy atom. The number of hydrogen-bond donors (Lipinski definition) is 1. The van der Waals surface area contributed by atoms with Crippen LogP contribution in [0.5, 0.6) is 0 Å². The number of nitrogens with zero attached hydrogens (tertiary/aromatic N) is 3. The topological polar surface area (TPSA) is 96.6 Å². The van der Waals surface area contributed by atoms with Crippen molar-refractivity contribution in [2.24, 2.45) is 5.41 Å². The van der Waals surface area contributed by atoms with Crippen LogP contribution in [0.15, 0.2) is 18.3 Å². The van der Waals surface area contributed by atoms with E-state index in [9.17, 15) is 28.1 Å². The summed E-state index contributed by atoms with van der Waals surface area (Å²) in [6.45, 7) is -0.864. The van der Waals surface area contributed by atoms with Gasteiger partial charge in [0.25, 0.3) is 0 Å². The third kappa shape index (κ3) is 2.48. The number of aliphatic carboxylic acids is 1. The Hall–Kier alpha value is -2.39. The molecule has 0 saturated carbocycles. The van der Waals surface area contributed by atoms with Gasteiger partial charge in [0, 0.05) is 19.2 Å². The molecule has 21 heavy (non-hydrogen) atoms. The summed E-state index contributed by atoms with van der Waals surface area (Å²) in [5, 5.41) is 19.4. The van der Waals surface area contributed by atoms with Gasteiger partial charge in [-0.15, -0.1) is 0 Å². The molecule has 0 aliphatic carbocycles. The van der Waals surface area contributed by atoms with Gasteiger partial charge in [-0.25, -0.2) is 0 Å².